The summed E-state index contributed by atoms with van der Waals surface area (Å²) in [5.74, 6) is 0. The Morgan fingerprint density at radius 1 is 0.294 bits per heavy atom. The van der Waals surface area contributed by atoms with Gasteiger partial charge in [0, 0.05) is 112 Å². The minimum atomic E-state index is -3.01. The van der Waals surface area contributed by atoms with Crippen LogP contribution in [0.3, 0.4) is 0 Å². The Morgan fingerprint density at radius 2 is 0.471 bits per heavy atom. The zero-order valence-corrected chi connectivity index (χ0v) is 40.5. The summed E-state index contributed by atoms with van der Waals surface area (Å²) < 4.78 is 82.2. The summed E-state index contributed by atoms with van der Waals surface area (Å²) >= 11 is 0. The molecule has 0 aromatic rings. The quantitative estimate of drug-likeness (QED) is 0.0741. The van der Waals surface area contributed by atoms with E-state index in [1.165, 1.54) is 0 Å². The molecule has 2 aliphatic rings. The summed E-state index contributed by atoms with van der Waals surface area (Å²) in [5, 5.41) is 0.0292. The average molecular weight is 833 g/mol. The number of rotatable bonds is 28. The molecule has 0 N–H and O–H groups in total. The molecule has 0 saturated carbocycles. The van der Waals surface area contributed by atoms with Gasteiger partial charge in [-0.3, -0.25) is 0 Å². The van der Waals surface area contributed by atoms with Crippen LogP contribution >= 0.6 is 0 Å². The summed E-state index contributed by atoms with van der Waals surface area (Å²) in [6.45, 7) is 31.4. The van der Waals surface area contributed by atoms with Gasteiger partial charge in [0.25, 0.3) is 0 Å². The van der Waals surface area contributed by atoms with Crippen LogP contribution in [0.2, 0.25) is 33.0 Å². The van der Waals surface area contributed by atoms with E-state index < -0.39 is 51.4 Å². The molecule has 2 rings (SSSR count). The lowest BCUT2D eigenvalue weighted by Gasteiger charge is -2.54. The molecule has 0 unspecified atom stereocenters. The normalized spacial score (nSPS) is 22.4. The van der Waals surface area contributed by atoms with Gasteiger partial charge in [0.05, 0.1) is 0 Å². The second kappa shape index (κ2) is 23.1. The zero-order valence-electron chi connectivity index (χ0n) is 34.5. The van der Waals surface area contributed by atoms with Crippen LogP contribution in [0.4, 0.5) is 0 Å². The molecule has 0 radical (unpaired) electrons. The predicted molar refractivity (Wildman–Crippen MR) is 215 cm³/mol. The molecule has 0 amide bonds. The molecule has 51 heavy (non-hydrogen) atoms. The van der Waals surface area contributed by atoms with Gasteiger partial charge in [-0.05, 0) is 95.9 Å². The van der Waals surface area contributed by atoms with E-state index in [2.05, 4.69) is 55.4 Å². The molecule has 18 heteroatoms. The van der Waals surface area contributed by atoms with Crippen LogP contribution in [-0.4, -0.2) is 131 Å². The van der Waals surface area contributed by atoms with E-state index in [9.17, 15) is 0 Å². The highest BCUT2D eigenvalue weighted by Crippen LogP contribution is 2.55. The topological polar surface area (TPSA) is 111 Å². The third-order valence-corrected chi connectivity index (χ3v) is 46.6. The van der Waals surface area contributed by atoms with Crippen LogP contribution in [-0.2, 0) is 53.1 Å². The fourth-order valence-corrected chi connectivity index (χ4v) is 56.5. The lowest BCUT2D eigenvalue weighted by molar-refractivity contribution is 0.124. The Kier molecular flexibility index (Phi) is 21.8. The van der Waals surface area contributed by atoms with Crippen LogP contribution in [0.15, 0.2) is 0 Å². The van der Waals surface area contributed by atoms with Crippen molar-refractivity contribution in [3.05, 3.63) is 0 Å². The number of hydrogen-bond donors (Lipinski definition) is 0. The molecule has 2 aliphatic heterocycles. The van der Waals surface area contributed by atoms with Crippen molar-refractivity contribution in [3.8, 4) is 0 Å². The van der Waals surface area contributed by atoms with Gasteiger partial charge in [-0.1, -0.05) is 6.42 Å². The summed E-state index contributed by atoms with van der Waals surface area (Å²) in [4.78, 5) is 0. The van der Waals surface area contributed by atoms with Crippen molar-refractivity contribution in [1.82, 2.24) is 0 Å². The Balaban J connectivity index is 2.77. The monoisotopic (exact) mass is 832 g/mol. The van der Waals surface area contributed by atoms with Gasteiger partial charge in [-0.15, -0.1) is 0 Å². The first-order valence-corrected chi connectivity index (χ1v) is 33.1. The first-order valence-electron chi connectivity index (χ1n) is 20.2. The van der Waals surface area contributed by atoms with E-state index >= 15 is 0 Å². The van der Waals surface area contributed by atoms with Gasteiger partial charge in [0.1, 0.15) is 0 Å². The van der Waals surface area contributed by atoms with Crippen LogP contribution in [0.25, 0.3) is 0 Å². The SMILES string of the molecule is CCO[Si]1(OCC)C[Si](OCC)(OCC)C(CCCC2[Si](OCC)(OCC)C[Si](OCC)(OCC)C[Si]2(OCC)OCC)[Si](OCC)(OCC)C1. The molecule has 0 bridgehead atoms. The lowest BCUT2D eigenvalue weighted by atomic mass is 10.3. The van der Waals surface area contributed by atoms with Crippen LogP contribution in [0, 0.1) is 0 Å². The molecule has 2 heterocycles. The van der Waals surface area contributed by atoms with Crippen molar-refractivity contribution in [3.63, 3.8) is 0 Å². The van der Waals surface area contributed by atoms with Crippen molar-refractivity contribution in [2.24, 2.45) is 0 Å². The van der Waals surface area contributed by atoms with Crippen molar-refractivity contribution in [2.75, 3.05) is 79.3 Å². The third-order valence-electron chi connectivity index (χ3n) is 9.91. The molecule has 2 fully saturated rings. The molecule has 0 spiro atoms. The van der Waals surface area contributed by atoms with E-state index in [1.54, 1.807) is 0 Å². The molecular formula is C33H76O12Si6. The summed E-state index contributed by atoms with van der Waals surface area (Å²) in [6, 6.07) is 0. The van der Waals surface area contributed by atoms with E-state index in [0.29, 0.717) is 102 Å². The van der Waals surface area contributed by atoms with Crippen molar-refractivity contribution in [1.29, 1.82) is 0 Å². The highest BCUT2D eigenvalue weighted by Gasteiger charge is 2.74. The minimum absolute atomic E-state index is 0.0146. The molecule has 12 nitrogen and oxygen atoms in total. The first-order chi connectivity index (χ1) is 24.5. The van der Waals surface area contributed by atoms with Crippen molar-refractivity contribution in [2.45, 2.75) is 135 Å². The number of hydrogen-bond acceptors (Lipinski definition) is 12. The third kappa shape index (κ3) is 11.5. The van der Waals surface area contributed by atoms with Crippen molar-refractivity contribution < 1.29 is 53.1 Å². The van der Waals surface area contributed by atoms with Gasteiger partial charge < -0.3 is 53.1 Å². The van der Waals surface area contributed by atoms with E-state index in [0.717, 1.165) is 19.3 Å². The van der Waals surface area contributed by atoms with Crippen molar-refractivity contribution >= 4 is 51.4 Å². The van der Waals surface area contributed by atoms with Gasteiger partial charge >= 0.3 is 51.4 Å². The Hall–Kier alpha value is 0.821. The van der Waals surface area contributed by atoms with E-state index in [1.807, 2.05) is 27.7 Å². The van der Waals surface area contributed by atoms with Gasteiger partial charge in [0.2, 0.25) is 0 Å². The lowest BCUT2D eigenvalue weighted by Crippen LogP contribution is -2.73. The van der Waals surface area contributed by atoms with Gasteiger partial charge in [-0.2, -0.15) is 0 Å². The van der Waals surface area contributed by atoms with Gasteiger partial charge in [-0.25, -0.2) is 0 Å². The highest BCUT2D eigenvalue weighted by atomic mass is 28.5. The Bertz CT molecular complexity index is 792. The second-order valence-corrected chi connectivity index (χ2v) is 36.2. The van der Waals surface area contributed by atoms with Crippen LogP contribution < -0.4 is 0 Å². The summed E-state index contributed by atoms with van der Waals surface area (Å²) in [5.41, 5.74) is 2.82. The average Bonchev–Trinajstić information content (AvgIpc) is 3.05. The molecule has 0 atom stereocenters. The van der Waals surface area contributed by atoms with Gasteiger partial charge in [0.15, 0.2) is 0 Å². The molecular weight excluding hydrogens is 757 g/mol. The van der Waals surface area contributed by atoms with Crippen LogP contribution in [0.1, 0.15) is 102 Å². The molecule has 0 aliphatic carbocycles. The summed E-state index contributed by atoms with van der Waals surface area (Å²) in [6.07, 6.45) is 2.55. The standard InChI is InChI=1S/C33H76O12Si6/c1-13-34-46(35-14-2)28-48(38-17-5,39-18-6)32(49(29-46,40-19-7)41-20-8)26-25-27-33-50(42-21-9,43-22-10)30-47(36-15-3,37-16-4)31-51(33,44-23-11)45-24-12/h32-33H,13-31H2,1-12H3. The zero-order chi connectivity index (χ0) is 38.1. The summed E-state index contributed by atoms with van der Waals surface area (Å²) in [7, 11) is -17.6. The maximum Gasteiger partial charge on any atom is 0.345 e. The Labute approximate surface area is 318 Å². The first kappa shape index (κ1) is 48.0. The maximum absolute atomic E-state index is 6.94. The Morgan fingerprint density at radius 3 is 0.627 bits per heavy atom. The molecule has 0 aromatic heterocycles. The molecule has 2 saturated heterocycles. The fraction of sp³-hybridized carbons (Fsp3) is 1.00. The fourth-order valence-electron chi connectivity index (χ4n) is 9.07. The predicted octanol–water partition coefficient (Wildman–Crippen LogP) is 7.25. The minimum Gasteiger partial charge on any atom is -0.395 e. The second-order valence-electron chi connectivity index (χ2n) is 13.0. The molecule has 304 valence electrons. The van der Waals surface area contributed by atoms with Crippen LogP contribution in [0.5, 0.6) is 0 Å². The molecule has 0 aromatic carbocycles. The maximum atomic E-state index is 6.94. The largest absolute Gasteiger partial charge is 0.395 e. The van der Waals surface area contributed by atoms with E-state index in [4.69, 9.17) is 53.1 Å². The highest BCUT2D eigenvalue weighted by molar-refractivity contribution is 7.06. The smallest absolute Gasteiger partial charge is 0.345 e. The van der Waals surface area contributed by atoms with E-state index in [-0.39, 0.29) is 10.3 Å².